The van der Waals surface area contributed by atoms with Gasteiger partial charge in [-0.3, -0.25) is 19.9 Å². The molecule has 0 spiro atoms. The fraction of sp³-hybridized carbons (Fsp3) is 0.483. The first-order valence-electron chi connectivity index (χ1n) is 13.3. The summed E-state index contributed by atoms with van der Waals surface area (Å²) in [6, 6.07) is 16.4. The van der Waals surface area contributed by atoms with Crippen LogP contribution in [0.4, 0.5) is 5.69 Å². The molecule has 6 N–H and O–H groups in total. The summed E-state index contributed by atoms with van der Waals surface area (Å²) in [5, 5.41) is 10.9. The Labute approximate surface area is 214 Å². The van der Waals surface area contributed by atoms with Gasteiger partial charge in [0.15, 0.2) is 0 Å². The molecule has 2 aromatic carbocycles. The number of hydrogen-bond donors (Lipinski definition) is 4. The van der Waals surface area contributed by atoms with E-state index in [9.17, 15) is 9.59 Å². The molecule has 0 atom stereocenters. The molecular formula is C29H39N5O2. The Hall–Kier alpha value is -3.19. The quantitative estimate of drug-likeness (QED) is 0.327. The van der Waals surface area contributed by atoms with E-state index in [0.29, 0.717) is 22.9 Å². The molecule has 2 saturated carbocycles. The molecule has 0 unspecified atom stereocenters. The molecule has 0 radical (unpaired) electrons. The predicted molar refractivity (Wildman–Crippen MR) is 144 cm³/mol. The molecular weight excluding hydrogens is 450 g/mol. The zero-order chi connectivity index (χ0) is 25.5. The van der Waals surface area contributed by atoms with E-state index in [1.165, 1.54) is 24.2 Å². The molecule has 7 nitrogen and oxygen atoms in total. The summed E-state index contributed by atoms with van der Waals surface area (Å²) >= 11 is 0. The largest absolute Gasteiger partial charge is 0.384 e. The van der Waals surface area contributed by atoms with Gasteiger partial charge < -0.3 is 16.8 Å². The van der Waals surface area contributed by atoms with Crippen LogP contribution in [0.2, 0.25) is 0 Å². The number of carbonyl (C=O) groups is 2. The summed E-state index contributed by atoms with van der Waals surface area (Å²) in [4.78, 5) is 28.0. The van der Waals surface area contributed by atoms with E-state index >= 15 is 0 Å². The summed E-state index contributed by atoms with van der Waals surface area (Å²) in [5.74, 6) is 1.01. The highest BCUT2D eigenvalue weighted by Crippen LogP contribution is 2.35. The van der Waals surface area contributed by atoms with E-state index in [1.807, 2.05) is 30.3 Å². The molecule has 192 valence electrons. The lowest BCUT2D eigenvalue weighted by molar-refractivity contribution is -0.120. The molecule has 7 heteroatoms. The van der Waals surface area contributed by atoms with Crippen LogP contribution >= 0.6 is 0 Å². The molecule has 0 aliphatic heterocycles. The lowest BCUT2D eigenvalue weighted by atomic mass is 9.76. The van der Waals surface area contributed by atoms with Crippen LogP contribution in [-0.4, -0.2) is 36.3 Å². The Kier molecular flexibility index (Phi) is 8.75. The Balaban J connectivity index is 1.34. The normalized spacial score (nSPS) is 24.0. The lowest BCUT2D eigenvalue weighted by Gasteiger charge is -2.34. The highest BCUT2D eigenvalue weighted by molar-refractivity contribution is 6.10. The monoisotopic (exact) mass is 489 g/mol. The molecule has 2 fully saturated rings. The third-order valence-corrected chi connectivity index (χ3v) is 7.81. The zero-order valence-corrected chi connectivity index (χ0v) is 21.0. The molecule has 0 aromatic heterocycles. The summed E-state index contributed by atoms with van der Waals surface area (Å²) in [5.41, 5.74) is 13.2. The maximum Gasteiger partial charge on any atom is 0.258 e. The minimum Gasteiger partial charge on any atom is -0.384 e. The molecule has 2 aliphatic rings. The fourth-order valence-electron chi connectivity index (χ4n) is 5.72. The van der Waals surface area contributed by atoms with Crippen LogP contribution in [0.1, 0.15) is 73.7 Å². The van der Waals surface area contributed by atoms with Crippen molar-refractivity contribution in [1.82, 2.24) is 5.32 Å². The third kappa shape index (κ3) is 6.94. The number of para-hydroxylation sites is 1. The van der Waals surface area contributed by atoms with Crippen molar-refractivity contribution in [3.8, 4) is 0 Å². The Morgan fingerprint density at radius 3 is 2.11 bits per heavy atom. The highest BCUT2D eigenvalue weighted by Gasteiger charge is 2.28. The molecule has 0 heterocycles. The van der Waals surface area contributed by atoms with Gasteiger partial charge >= 0.3 is 0 Å². The number of benzene rings is 2. The SMILES string of the molecule is N=C(N)c1cccc(C(=O)N(CC(=O)NC2CCC(CC3CCC(N)CC3)CC2)c2ccccc2)c1. The van der Waals surface area contributed by atoms with Crippen molar-refractivity contribution in [3.63, 3.8) is 0 Å². The van der Waals surface area contributed by atoms with Gasteiger partial charge in [-0.05, 0) is 93.9 Å². The maximum atomic E-state index is 13.4. The second-order valence-corrected chi connectivity index (χ2v) is 10.5. The number of amides is 2. The number of nitrogens with one attached hydrogen (secondary N) is 2. The average molecular weight is 490 g/mol. The Morgan fingerprint density at radius 1 is 0.861 bits per heavy atom. The average Bonchev–Trinajstić information content (AvgIpc) is 2.90. The van der Waals surface area contributed by atoms with Gasteiger partial charge in [-0.25, -0.2) is 0 Å². The van der Waals surface area contributed by atoms with Gasteiger partial charge in [0.25, 0.3) is 5.91 Å². The van der Waals surface area contributed by atoms with Gasteiger partial charge in [-0.1, -0.05) is 30.3 Å². The number of amidine groups is 1. The van der Waals surface area contributed by atoms with Crippen molar-refractivity contribution in [2.75, 3.05) is 11.4 Å². The zero-order valence-electron chi connectivity index (χ0n) is 21.0. The van der Waals surface area contributed by atoms with Crippen molar-refractivity contribution >= 4 is 23.3 Å². The second-order valence-electron chi connectivity index (χ2n) is 10.5. The van der Waals surface area contributed by atoms with Crippen molar-refractivity contribution in [2.24, 2.45) is 23.3 Å². The van der Waals surface area contributed by atoms with E-state index < -0.39 is 0 Å². The first-order valence-corrected chi connectivity index (χ1v) is 13.3. The smallest absolute Gasteiger partial charge is 0.258 e. The minimum absolute atomic E-state index is 0.0601. The Morgan fingerprint density at radius 2 is 1.47 bits per heavy atom. The standard InChI is InChI=1S/C29H39N5O2/c30-24-13-9-20(10-14-24)17-21-11-15-25(16-12-21)33-27(35)19-34(26-7-2-1-3-8-26)29(36)23-6-4-5-22(18-23)28(31)32/h1-8,18,20-21,24-25H,9-17,19,30H2,(H3,31,32)(H,33,35). The van der Waals surface area contributed by atoms with Crippen molar-refractivity contribution in [3.05, 3.63) is 65.7 Å². The number of carbonyl (C=O) groups excluding carboxylic acids is 2. The first-order chi connectivity index (χ1) is 17.4. The van der Waals surface area contributed by atoms with Gasteiger partial charge in [0.1, 0.15) is 12.4 Å². The number of nitrogens with two attached hydrogens (primary N) is 2. The van der Waals surface area contributed by atoms with Crippen LogP contribution in [0.15, 0.2) is 54.6 Å². The number of anilines is 1. The van der Waals surface area contributed by atoms with Crippen molar-refractivity contribution in [1.29, 1.82) is 5.41 Å². The summed E-state index contributed by atoms with van der Waals surface area (Å²) in [6.45, 7) is -0.0601. The van der Waals surface area contributed by atoms with Crippen LogP contribution in [0.25, 0.3) is 0 Å². The van der Waals surface area contributed by atoms with Crippen molar-refractivity contribution in [2.45, 2.75) is 69.9 Å². The van der Waals surface area contributed by atoms with Gasteiger partial charge in [0.05, 0.1) is 0 Å². The topological polar surface area (TPSA) is 125 Å². The van der Waals surface area contributed by atoms with E-state index in [4.69, 9.17) is 16.9 Å². The van der Waals surface area contributed by atoms with E-state index in [-0.39, 0.29) is 30.2 Å². The van der Waals surface area contributed by atoms with Gasteiger partial charge in [-0.2, -0.15) is 0 Å². The van der Waals surface area contributed by atoms with Gasteiger partial charge in [0.2, 0.25) is 5.91 Å². The van der Waals surface area contributed by atoms with Crippen LogP contribution in [-0.2, 0) is 4.79 Å². The molecule has 0 bridgehead atoms. The summed E-state index contributed by atoms with van der Waals surface area (Å²) in [6.07, 6.45) is 10.4. The molecule has 2 amide bonds. The van der Waals surface area contributed by atoms with Gasteiger partial charge in [-0.15, -0.1) is 0 Å². The maximum absolute atomic E-state index is 13.4. The van der Waals surface area contributed by atoms with Gasteiger partial charge in [0, 0.05) is 28.9 Å². The highest BCUT2D eigenvalue weighted by atomic mass is 16.2. The number of nitrogen functional groups attached to an aromatic ring is 1. The second kappa shape index (κ2) is 12.2. The lowest BCUT2D eigenvalue weighted by Crippen LogP contribution is -2.45. The third-order valence-electron chi connectivity index (χ3n) is 7.81. The molecule has 4 rings (SSSR count). The van der Waals surface area contributed by atoms with Crippen LogP contribution < -0.4 is 21.7 Å². The first kappa shape index (κ1) is 25.9. The van der Waals surface area contributed by atoms with Crippen LogP contribution in [0.5, 0.6) is 0 Å². The van der Waals surface area contributed by atoms with E-state index in [0.717, 1.165) is 50.4 Å². The number of nitrogens with zero attached hydrogens (tertiary/aromatic N) is 1. The summed E-state index contributed by atoms with van der Waals surface area (Å²) < 4.78 is 0. The fourth-order valence-corrected chi connectivity index (χ4v) is 5.72. The molecule has 2 aromatic rings. The van der Waals surface area contributed by atoms with Crippen LogP contribution in [0, 0.1) is 17.2 Å². The number of rotatable bonds is 8. The van der Waals surface area contributed by atoms with Crippen LogP contribution in [0.3, 0.4) is 0 Å². The molecule has 0 saturated heterocycles. The van der Waals surface area contributed by atoms with E-state index in [2.05, 4.69) is 5.32 Å². The van der Waals surface area contributed by atoms with E-state index in [1.54, 1.807) is 24.3 Å². The Bertz CT molecular complexity index is 1040. The minimum atomic E-state index is -0.296. The summed E-state index contributed by atoms with van der Waals surface area (Å²) in [7, 11) is 0. The number of hydrogen-bond acceptors (Lipinski definition) is 4. The predicted octanol–water partition coefficient (Wildman–Crippen LogP) is 4.20. The molecule has 2 aliphatic carbocycles. The van der Waals surface area contributed by atoms with Crippen molar-refractivity contribution < 1.29 is 9.59 Å². The molecule has 36 heavy (non-hydrogen) atoms.